The molecule has 1 heterocycles. The van der Waals surface area contributed by atoms with Crippen LogP contribution >= 0.6 is 12.4 Å². The Morgan fingerprint density at radius 3 is 2.40 bits per heavy atom. The molecule has 4 rings (SSSR count). The molecular weight excluding hydrogens is 332 g/mol. The first-order valence-corrected chi connectivity index (χ1v) is 9.50. The average molecular weight is 361 g/mol. The van der Waals surface area contributed by atoms with Crippen molar-refractivity contribution in [2.75, 3.05) is 0 Å². The van der Waals surface area contributed by atoms with Crippen LogP contribution in [0.25, 0.3) is 5.69 Å². The summed E-state index contributed by atoms with van der Waals surface area (Å²) in [6, 6.07) is 8.98. The summed E-state index contributed by atoms with van der Waals surface area (Å²) >= 11 is 0. The smallest absolute Gasteiger partial charge is 0.154 e. The Bertz CT molecular complexity index is 697. The molecule has 1 aromatic carbocycles. The molecule has 2 aliphatic rings. The maximum Gasteiger partial charge on any atom is 0.154 e. The molecule has 25 heavy (non-hydrogen) atoms. The number of hydrogen-bond acceptors (Lipinski definition) is 3. The van der Waals surface area contributed by atoms with Gasteiger partial charge in [0.2, 0.25) is 0 Å². The Hall–Kier alpha value is -1.39. The predicted octanol–water partition coefficient (Wildman–Crippen LogP) is 4.64. The molecule has 2 aliphatic carbocycles. The van der Waals surface area contributed by atoms with Crippen molar-refractivity contribution in [3.63, 3.8) is 0 Å². The molecule has 0 aliphatic heterocycles. The number of rotatable bonds is 3. The van der Waals surface area contributed by atoms with Gasteiger partial charge in [-0.1, -0.05) is 25.0 Å². The van der Waals surface area contributed by atoms with E-state index in [-0.39, 0.29) is 12.4 Å². The van der Waals surface area contributed by atoms with Gasteiger partial charge < -0.3 is 5.73 Å². The van der Waals surface area contributed by atoms with Gasteiger partial charge in [0.05, 0.1) is 5.69 Å². The molecule has 0 radical (unpaired) electrons. The third-order valence-electron chi connectivity index (χ3n) is 5.75. The SMILES string of the molecule is Cc1cccc(-n2nc(C3CCCC3)nc2C2CCC(N)CC2)c1.Cl. The molecule has 0 atom stereocenters. The Balaban J connectivity index is 0.00000182. The summed E-state index contributed by atoms with van der Waals surface area (Å²) in [5.41, 5.74) is 8.52. The second-order valence-electron chi connectivity index (χ2n) is 7.67. The fourth-order valence-corrected chi connectivity index (χ4v) is 4.29. The van der Waals surface area contributed by atoms with Crippen LogP contribution in [0.4, 0.5) is 0 Å². The monoisotopic (exact) mass is 360 g/mol. The van der Waals surface area contributed by atoms with Crippen LogP contribution in [-0.2, 0) is 0 Å². The highest BCUT2D eigenvalue weighted by Gasteiger charge is 2.29. The molecule has 2 N–H and O–H groups in total. The quantitative estimate of drug-likeness (QED) is 0.867. The zero-order valence-electron chi connectivity index (χ0n) is 15.0. The Labute approximate surface area is 156 Å². The first kappa shape index (κ1) is 18.4. The molecule has 0 saturated heterocycles. The van der Waals surface area contributed by atoms with Gasteiger partial charge in [0.1, 0.15) is 5.82 Å². The summed E-state index contributed by atoms with van der Waals surface area (Å²) in [4.78, 5) is 5.06. The van der Waals surface area contributed by atoms with Crippen molar-refractivity contribution < 1.29 is 0 Å². The first-order chi connectivity index (χ1) is 11.7. The van der Waals surface area contributed by atoms with Gasteiger partial charge >= 0.3 is 0 Å². The fourth-order valence-electron chi connectivity index (χ4n) is 4.29. The minimum atomic E-state index is 0. The van der Waals surface area contributed by atoms with E-state index in [0.29, 0.717) is 17.9 Å². The molecule has 136 valence electrons. The second kappa shape index (κ2) is 7.88. The summed E-state index contributed by atoms with van der Waals surface area (Å²) in [6.45, 7) is 2.14. The number of aromatic nitrogens is 3. The van der Waals surface area contributed by atoms with E-state index in [1.165, 1.54) is 31.2 Å². The van der Waals surface area contributed by atoms with E-state index in [2.05, 4.69) is 35.9 Å². The highest BCUT2D eigenvalue weighted by atomic mass is 35.5. The largest absolute Gasteiger partial charge is 0.328 e. The Morgan fingerprint density at radius 2 is 1.72 bits per heavy atom. The lowest BCUT2D eigenvalue weighted by Crippen LogP contribution is -2.26. The average Bonchev–Trinajstić information content (AvgIpc) is 3.25. The number of aryl methyl sites for hydroxylation is 1. The maximum absolute atomic E-state index is 6.11. The summed E-state index contributed by atoms with van der Waals surface area (Å²) in [7, 11) is 0. The number of nitrogens with zero attached hydrogens (tertiary/aromatic N) is 3. The van der Waals surface area contributed by atoms with Crippen LogP contribution in [0.1, 0.15) is 80.4 Å². The standard InChI is InChI=1S/C20H28N4.ClH/c1-14-5-4-8-18(13-14)24-20(16-9-11-17(21)12-10-16)22-19(23-24)15-6-2-3-7-15;/h4-5,8,13,15-17H,2-3,6-7,9-12,21H2,1H3;1H. The molecule has 0 bridgehead atoms. The van der Waals surface area contributed by atoms with Crippen molar-refractivity contribution in [1.82, 2.24) is 14.8 Å². The molecule has 0 unspecified atom stereocenters. The Kier molecular flexibility index (Phi) is 5.80. The van der Waals surface area contributed by atoms with E-state index >= 15 is 0 Å². The number of halogens is 1. The number of benzene rings is 1. The Morgan fingerprint density at radius 1 is 1.00 bits per heavy atom. The van der Waals surface area contributed by atoms with E-state index in [1.54, 1.807) is 0 Å². The normalized spacial score (nSPS) is 24.2. The minimum Gasteiger partial charge on any atom is -0.328 e. The molecule has 0 spiro atoms. The van der Waals surface area contributed by atoms with Crippen LogP contribution in [0, 0.1) is 6.92 Å². The first-order valence-electron chi connectivity index (χ1n) is 9.50. The van der Waals surface area contributed by atoms with Crippen LogP contribution < -0.4 is 5.73 Å². The van der Waals surface area contributed by atoms with E-state index in [4.69, 9.17) is 15.8 Å². The summed E-state index contributed by atoms with van der Waals surface area (Å²) < 4.78 is 2.13. The van der Waals surface area contributed by atoms with Gasteiger partial charge in [-0.25, -0.2) is 9.67 Å². The van der Waals surface area contributed by atoms with Crippen LogP contribution in [-0.4, -0.2) is 20.8 Å². The molecule has 2 aromatic rings. The van der Waals surface area contributed by atoms with Gasteiger partial charge in [-0.05, 0) is 63.1 Å². The van der Waals surface area contributed by atoms with Gasteiger partial charge in [-0.15, -0.1) is 12.4 Å². The topological polar surface area (TPSA) is 56.7 Å². The third kappa shape index (κ3) is 3.90. The van der Waals surface area contributed by atoms with E-state index < -0.39 is 0 Å². The van der Waals surface area contributed by atoms with Gasteiger partial charge in [-0.3, -0.25) is 0 Å². The van der Waals surface area contributed by atoms with Crippen molar-refractivity contribution in [3.05, 3.63) is 41.5 Å². The van der Waals surface area contributed by atoms with Crippen molar-refractivity contribution in [2.24, 2.45) is 5.73 Å². The summed E-state index contributed by atoms with van der Waals surface area (Å²) in [6.07, 6.45) is 9.59. The minimum absolute atomic E-state index is 0. The van der Waals surface area contributed by atoms with E-state index in [0.717, 1.165) is 43.0 Å². The van der Waals surface area contributed by atoms with Crippen LogP contribution in [0.5, 0.6) is 0 Å². The second-order valence-corrected chi connectivity index (χ2v) is 7.67. The highest BCUT2D eigenvalue weighted by Crippen LogP contribution is 2.36. The van der Waals surface area contributed by atoms with E-state index in [9.17, 15) is 0 Å². The lowest BCUT2D eigenvalue weighted by molar-refractivity contribution is 0.380. The summed E-state index contributed by atoms with van der Waals surface area (Å²) in [5.74, 6) is 3.28. The van der Waals surface area contributed by atoms with Gasteiger partial charge in [0.15, 0.2) is 5.82 Å². The zero-order valence-corrected chi connectivity index (χ0v) is 15.8. The number of nitrogens with two attached hydrogens (primary N) is 1. The number of hydrogen-bond donors (Lipinski definition) is 1. The highest BCUT2D eigenvalue weighted by molar-refractivity contribution is 5.85. The molecule has 0 amide bonds. The van der Waals surface area contributed by atoms with Gasteiger partial charge in [0.25, 0.3) is 0 Å². The third-order valence-corrected chi connectivity index (χ3v) is 5.75. The van der Waals surface area contributed by atoms with Crippen molar-refractivity contribution in [1.29, 1.82) is 0 Å². The molecule has 2 fully saturated rings. The van der Waals surface area contributed by atoms with Crippen LogP contribution in [0.15, 0.2) is 24.3 Å². The molecule has 1 aromatic heterocycles. The van der Waals surface area contributed by atoms with Crippen LogP contribution in [0.3, 0.4) is 0 Å². The molecule has 2 saturated carbocycles. The lowest BCUT2D eigenvalue weighted by atomic mass is 9.86. The van der Waals surface area contributed by atoms with Gasteiger partial charge in [0, 0.05) is 17.9 Å². The maximum atomic E-state index is 6.11. The van der Waals surface area contributed by atoms with Crippen molar-refractivity contribution >= 4 is 12.4 Å². The van der Waals surface area contributed by atoms with Crippen molar-refractivity contribution in [2.45, 2.75) is 76.2 Å². The van der Waals surface area contributed by atoms with E-state index in [1.807, 2.05) is 0 Å². The van der Waals surface area contributed by atoms with Crippen molar-refractivity contribution in [3.8, 4) is 5.69 Å². The molecule has 5 heteroatoms. The summed E-state index contributed by atoms with van der Waals surface area (Å²) in [5, 5.41) is 4.97. The fraction of sp³-hybridized carbons (Fsp3) is 0.600. The van der Waals surface area contributed by atoms with Crippen LogP contribution in [0.2, 0.25) is 0 Å². The van der Waals surface area contributed by atoms with Gasteiger partial charge in [-0.2, -0.15) is 5.10 Å². The predicted molar refractivity (Wildman–Crippen MR) is 104 cm³/mol. The zero-order chi connectivity index (χ0) is 16.5. The lowest BCUT2D eigenvalue weighted by Gasteiger charge is -2.25. The molecular formula is C20H29ClN4. The molecule has 4 nitrogen and oxygen atoms in total.